The van der Waals surface area contributed by atoms with Crippen LogP contribution >= 0.6 is 0 Å². The van der Waals surface area contributed by atoms with Crippen LogP contribution in [-0.4, -0.2) is 24.8 Å². The molecule has 0 radical (unpaired) electrons. The van der Waals surface area contributed by atoms with Gasteiger partial charge >= 0.3 is 0 Å². The van der Waals surface area contributed by atoms with E-state index in [2.05, 4.69) is 12.2 Å². The van der Waals surface area contributed by atoms with Crippen LogP contribution in [0.4, 0.5) is 0 Å². The molecule has 3 heteroatoms. The van der Waals surface area contributed by atoms with Gasteiger partial charge in [0.2, 0.25) is 0 Å². The van der Waals surface area contributed by atoms with Crippen LogP contribution in [0, 0.1) is 13.8 Å². The number of nitrogens with one attached hydrogen (secondary N) is 1. The highest BCUT2D eigenvalue weighted by Crippen LogP contribution is 2.34. The summed E-state index contributed by atoms with van der Waals surface area (Å²) in [6.07, 6.45) is 2.44. The Bertz CT molecular complexity index is 436. The molecule has 1 aromatic rings. The third-order valence-corrected chi connectivity index (χ3v) is 3.77. The van der Waals surface area contributed by atoms with Crippen molar-refractivity contribution < 1.29 is 9.84 Å². The molecule has 1 aromatic carbocycles. The first-order chi connectivity index (χ1) is 8.45. The summed E-state index contributed by atoms with van der Waals surface area (Å²) in [5, 5.41) is 14.0. The van der Waals surface area contributed by atoms with Crippen molar-refractivity contribution >= 4 is 0 Å². The van der Waals surface area contributed by atoms with Crippen LogP contribution in [0.1, 0.15) is 36.5 Å². The molecular formula is C15H23NO2. The second-order valence-electron chi connectivity index (χ2n) is 5.52. The lowest BCUT2D eigenvalue weighted by atomic mass is 9.91. The van der Waals surface area contributed by atoms with Crippen LogP contribution in [0.5, 0.6) is 5.75 Å². The van der Waals surface area contributed by atoms with Gasteiger partial charge in [0.1, 0.15) is 11.4 Å². The molecule has 0 heterocycles. The Morgan fingerprint density at radius 3 is 2.61 bits per heavy atom. The third kappa shape index (κ3) is 2.68. The minimum absolute atomic E-state index is 0.566. The minimum atomic E-state index is -0.896. The number of ether oxygens (including phenoxy) is 1. The number of rotatable bonds is 5. The lowest BCUT2D eigenvalue weighted by Gasteiger charge is -2.27. The zero-order valence-electron chi connectivity index (χ0n) is 11.7. The van der Waals surface area contributed by atoms with Gasteiger partial charge < -0.3 is 15.2 Å². The van der Waals surface area contributed by atoms with Gasteiger partial charge in [0.15, 0.2) is 0 Å². The maximum atomic E-state index is 10.6. The Labute approximate surface area is 109 Å². The zero-order chi connectivity index (χ0) is 13.3. The highest BCUT2D eigenvalue weighted by Gasteiger charge is 2.30. The Morgan fingerprint density at radius 2 is 2.06 bits per heavy atom. The van der Waals surface area contributed by atoms with Crippen molar-refractivity contribution in [2.24, 2.45) is 0 Å². The summed E-state index contributed by atoms with van der Waals surface area (Å²) in [4.78, 5) is 0. The molecule has 3 nitrogen and oxygen atoms in total. The average molecular weight is 249 g/mol. The van der Waals surface area contributed by atoms with Gasteiger partial charge in [-0.05, 0) is 44.7 Å². The number of aliphatic hydroxyl groups is 1. The Hall–Kier alpha value is -1.06. The maximum Gasteiger partial charge on any atom is 0.128 e. The summed E-state index contributed by atoms with van der Waals surface area (Å²) in [5.74, 6) is 0.803. The van der Waals surface area contributed by atoms with E-state index in [9.17, 15) is 5.11 Å². The second-order valence-corrected chi connectivity index (χ2v) is 5.52. The third-order valence-electron chi connectivity index (χ3n) is 3.77. The number of aryl methyl sites for hydroxylation is 1. The summed E-state index contributed by atoms with van der Waals surface area (Å²) < 4.78 is 5.48. The fraction of sp³-hybridized carbons (Fsp3) is 0.600. The van der Waals surface area contributed by atoms with Gasteiger partial charge in [-0.15, -0.1) is 0 Å². The quantitative estimate of drug-likeness (QED) is 0.841. The largest absolute Gasteiger partial charge is 0.496 e. The maximum absolute atomic E-state index is 10.6. The summed E-state index contributed by atoms with van der Waals surface area (Å²) in [6, 6.07) is 4.60. The Kier molecular flexibility index (Phi) is 3.64. The van der Waals surface area contributed by atoms with E-state index in [0.29, 0.717) is 12.6 Å². The van der Waals surface area contributed by atoms with Gasteiger partial charge in [-0.25, -0.2) is 0 Å². The van der Waals surface area contributed by atoms with E-state index in [4.69, 9.17) is 4.74 Å². The first kappa shape index (κ1) is 13.4. The minimum Gasteiger partial charge on any atom is -0.496 e. The van der Waals surface area contributed by atoms with Crippen molar-refractivity contribution in [3.63, 3.8) is 0 Å². The van der Waals surface area contributed by atoms with E-state index in [1.54, 1.807) is 7.11 Å². The summed E-state index contributed by atoms with van der Waals surface area (Å²) >= 11 is 0. The van der Waals surface area contributed by atoms with Crippen LogP contribution in [0.2, 0.25) is 0 Å². The smallest absolute Gasteiger partial charge is 0.128 e. The molecule has 0 amide bonds. The zero-order valence-corrected chi connectivity index (χ0v) is 11.7. The van der Waals surface area contributed by atoms with Crippen molar-refractivity contribution in [2.45, 2.75) is 45.3 Å². The van der Waals surface area contributed by atoms with E-state index in [0.717, 1.165) is 16.9 Å². The molecule has 0 aliphatic heterocycles. The van der Waals surface area contributed by atoms with Crippen LogP contribution in [-0.2, 0) is 5.60 Å². The van der Waals surface area contributed by atoms with Crippen molar-refractivity contribution in [1.82, 2.24) is 5.32 Å². The predicted octanol–water partition coefficient (Wildman–Crippen LogP) is 2.27. The van der Waals surface area contributed by atoms with Gasteiger partial charge in [-0.3, -0.25) is 0 Å². The first-order valence-electron chi connectivity index (χ1n) is 6.56. The molecule has 1 unspecified atom stereocenters. The molecule has 2 rings (SSSR count). The molecule has 1 atom stereocenters. The molecule has 0 saturated heterocycles. The molecule has 0 spiro atoms. The average Bonchev–Trinajstić information content (AvgIpc) is 3.13. The SMILES string of the molecule is COc1c(C(C)(O)CNC2CC2)ccc(C)c1C. The van der Waals surface area contributed by atoms with E-state index < -0.39 is 5.60 Å². The Morgan fingerprint density at radius 1 is 1.39 bits per heavy atom. The van der Waals surface area contributed by atoms with Gasteiger partial charge in [0.25, 0.3) is 0 Å². The topological polar surface area (TPSA) is 41.5 Å². The van der Waals surface area contributed by atoms with Crippen LogP contribution in [0.15, 0.2) is 12.1 Å². The lowest BCUT2D eigenvalue weighted by Crippen LogP contribution is -2.36. The lowest BCUT2D eigenvalue weighted by molar-refractivity contribution is 0.0539. The normalized spacial score (nSPS) is 18.5. The van der Waals surface area contributed by atoms with Crippen molar-refractivity contribution in [2.75, 3.05) is 13.7 Å². The highest BCUT2D eigenvalue weighted by atomic mass is 16.5. The number of methoxy groups -OCH3 is 1. The predicted molar refractivity (Wildman–Crippen MR) is 73.1 cm³/mol. The van der Waals surface area contributed by atoms with Crippen molar-refractivity contribution in [1.29, 1.82) is 0 Å². The standard InChI is InChI=1S/C15H23NO2/c1-10-5-8-13(14(18-4)11(10)2)15(3,17)9-16-12-6-7-12/h5,8,12,16-17H,6-7,9H2,1-4H3. The van der Waals surface area contributed by atoms with Crippen LogP contribution in [0.25, 0.3) is 0 Å². The molecule has 100 valence electrons. The molecule has 1 fully saturated rings. The monoisotopic (exact) mass is 249 g/mol. The molecule has 0 bridgehead atoms. The van der Waals surface area contributed by atoms with Gasteiger partial charge in [0, 0.05) is 18.2 Å². The first-order valence-corrected chi connectivity index (χ1v) is 6.56. The van der Waals surface area contributed by atoms with E-state index >= 15 is 0 Å². The number of benzene rings is 1. The fourth-order valence-electron chi connectivity index (χ4n) is 2.20. The van der Waals surface area contributed by atoms with Crippen LogP contribution in [0.3, 0.4) is 0 Å². The molecule has 1 aliphatic carbocycles. The van der Waals surface area contributed by atoms with Gasteiger partial charge in [0.05, 0.1) is 7.11 Å². The molecule has 0 aromatic heterocycles. The second kappa shape index (κ2) is 4.90. The van der Waals surface area contributed by atoms with Gasteiger partial charge in [-0.2, -0.15) is 0 Å². The summed E-state index contributed by atoms with van der Waals surface area (Å²) in [6.45, 7) is 6.49. The van der Waals surface area contributed by atoms with E-state index in [1.165, 1.54) is 18.4 Å². The summed E-state index contributed by atoms with van der Waals surface area (Å²) in [7, 11) is 1.66. The molecule has 1 aliphatic rings. The molecule has 1 saturated carbocycles. The van der Waals surface area contributed by atoms with Crippen molar-refractivity contribution in [3.8, 4) is 5.75 Å². The number of hydrogen-bond donors (Lipinski definition) is 2. The fourth-order valence-corrected chi connectivity index (χ4v) is 2.20. The Balaban J connectivity index is 2.26. The van der Waals surface area contributed by atoms with E-state index in [-0.39, 0.29) is 0 Å². The molecule has 2 N–H and O–H groups in total. The highest BCUT2D eigenvalue weighted by molar-refractivity contribution is 5.48. The summed E-state index contributed by atoms with van der Waals surface area (Å²) in [5.41, 5.74) is 2.25. The van der Waals surface area contributed by atoms with Gasteiger partial charge in [-0.1, -0.05) is 12.1 Å². The number of hydrogen-bond acceptors (Lipinski definition) is 3. The molecule has 18 heavy (non-hydrogen) atoms. The van der Waals surface area contributed by atoms with E-state index in [1.807, 2.05) is 26.0 Å². The molecular weight excluding hydrogens is 226 g/mol. The van der Waals surface area contributed by atoms with Crippen LogP contribution < -0.4 is 10.1 Å². The van der Waals surface area contributed by atoms with Crippen molar-refractivity contribution in [3.05, 3.63) is 28.8 Å².